The fraction of sp³-hybridized carbons (Fsp3) is 0.360. The molecular weight excluding hydrogens is 364 g/mol. The molecule has 2 aromatic carbocycles. The molecule has 0 aromatic heterocycles. The molecule has 2 N–H and O–H groups in total. The van der Waals surface area contributed by atoms with Crippen LogP contribution < -0.4 is 9.47 Å². The number of phenolic OH excluding ortho intramolecular Hbond substituents is 2. The maximum absolute atomic E-state index is 11.1. The van der Waals surface area contributed by atoms with Crippen molar-refractivity contribution in [1.82, 2.24) is 0 Å². The van der Waals surface area contributed by atoms with Crippen LogP contribution in [0.4, 0.5) is 0 Å². The molecule has 0 radical (unpaired) electrons. The van der Waals surface area contributed by atoms with E-state index in [1.54, 1.807) is 12.1 Å². The summed E-state index contributed by atoms with van der Waals surface area (Å²) >= 11 is 0. The van der Waals surface area contributed by atoms with E-state index in [-0.39, 0.29) is 17.6 Å². The SMILES string of the molecule is CC(C)=CCc1c(C2(C)CCc3ccc(O)cc3O2)cc2c(c1O)OC(C)C=C2. The Balaban J connectivity index is 1.85. The second kappa shape index (κ2) is 7.18. The first-order chi connectivity index (χ1) is 13.8. The van der Waals surface area contributed by atoms with Gasteiger partial charge in [-0.05, 0) is 70.7 Å². The number of aryl methyl sites for hydroxylation is 1. The number of ether oxygens (including phenoxy) is 2. The summed E-state index contributed by atoms with van der Waals surface area (Å²) in [7, 11) is 0. The minimum absolute atomic E-state index is 0.0769. The second-order valence-corrected chi connectivity index (χ2v) is 8.46. The Morgan fingerprint density at radius 2 is 2.03 bits per heavy atom. The first-order valence-electron chi connectivity index (χ1n) is 10.2. The van der Waals surface area contributed by atoms with Gasteiger partial charge in [-0.2, -0.15) is 0 Å². The fourth-order valence-electron chi connectivity index (χ4n) is 4.11. The van der Waals surface area contributed by atoms with Crippen molar-refractivity contribution in [3.63, 3.8) is 0 Å². The molecule has 2 heterocycles. The summed E-state index contributed by atoms with van der Waals surface area (Å²) in [5.74, 6) is 1.62. The minimum atomic E-state index is -0.616. The maximum atomic E-state index is 11.1. The summed E-state index contributed by atoms with van der Waals surface area (Å²) in [6.45, 7) is 8.11. The van der Waals surface area contributed by atoms with Crippen molar-refractivity contribution in [2.45, 2.75) is 58.7 Å². The zero-order valence-corrected chi connectivity index (χ0v) is 17.5. The average Bonchev–Trinajstić information content (AvgIpc) is 2.67. The molecule has 4 rings (SSSR count). The van der Waals surface area contributed by atoms with Gasteiger partial charge in [-0.1, -0.05) is 23.8 Å². The lowest BCUT2D eigenvalue weighted by Gasteiger charge is -2.38. The van der Waals surface area contributed by atoms with Crippen LogP contribution in [0.2, 0.25) is 0 Å². The Morgan fingerprint density at radius 1 is 1.24 bits per heavy atom. The van der Waals surface area contributed by atoms with E-state index < -0.39 is 5.60 Å². The fourth-order valence-corrected chi connectivity index (χ4v) is 4.11. The molecule has 4 nitrogen and oxygen atoms in total. The lowest BCUT2D eigenvalue weighted by atomic mass is 9.81. The van der Waals surface area contributed by atoms with Crippen LogP contribution >= 0.6 is 0 Å². The molecule has 0 spiro atoms. The van der Waals surface area contributed by atoms with Crippen LogP contribution in [-0.4, -0.2) is 16.3 Å². The van der Waals surface area contributed by atoms with Crippen molar-refractivity contribution in [3.8, 4) is 23.0 Å². The van der Waals surface area contributed by atoms with Crippen molar-refractivity contribution in [1.29, 1.82) is 0 Å². The van der Waals surface area contributed by atoms with Gasteiger partial charge in [0, 0.05) is 22.8 Å². The highest BCUT2D eigenvalue weighted by molar-refractivity contribution is 5.69. The molecule has 0 aliphatic carbocycles. The highest BCUT2D eigenvalue weighted by Gasteiger charge is 2.37. The van der Waals surface area contributed by atoms with E-state index in [1.165, 1.54) is 5.57 Å². The van der Waals surface area contributed by atoms with Crippen molar-refractivity contribution < 1.29 is 19.7 Å². The normalized spacial score (nSPS) is 22.1. The highest BCUT2D eigenvalue weighted by atomic mass is 16.5. The van der Waals surface area contributed by atoms with Gasteiger partial charge in [-0.3, -0.25) is 0 Å². The second-order valence-electron chi connectivity index (χ2n) is 8.46. The largest absolute Gasteiger partial charge is 0.508 e. The lowest BCUT2D eigenvalue weighted by Crippen LogP contribution is -2.35. The molecule has 0 bridgehead atoms. The van der Waals surface area contributed by atoms with Crippen molar-refractivity contribution >= 4 is 6.08 Å². The number of phenols is 2. The van der Waals surface area contributed by atoms with Crippen molar-refractivity contribution in [3.05, 3.63) is 64.2 Å². The summed E-state index contributed by atoms with van der Waals surface area (Å²) in [5, 5.41) is 21.0. The predicted octanol–water partition coefficient (Wildman–Crippen LogP) is 5.64. The number of aromatic hydroxyl groups is 2. The molecule has 4 heteroatoms. The van der Waals surface area contributed by atoms with E-state index in [4.69, 9.17) is 9.47 Å². The van der Waals surface area contributed by atoms with E-state index in [0.29, 0.717) is 17.9 Å². The molecule has 2 aliphatic rings. The van der Waals surface area contributed by atoms with E-state index in [1.807, 2.05) is 39.0 Å². The molecule has 0 saturated heterocycles. The van der Waals surface area contributed by atoms with Gasteiger partial charge in [-0.25, -0.2) is 0 Å². The van der Waals surface area contributed by atoms with Crippen LogP contribution in [0.15, 0.2) is 42.0 Å². The van der Waals surface area contributed by atoms with Gasteiger partial charge in [0.15, 0.2) is 11.5 Å². The molecule has 2 aliphatic heterocycles. The molecule has 29 heavy (non-hydrogen) atoms. The summed E-state index contributed by atoms with van der Waals surface area (Å²) in [6.07, 6.45) is 8.25. The number of fused-ring (bicyclic) bond motifs is 2. The van der Waals surface area contributed by atoms with Gasteiger partial charge in [0.2, 0.25) is 0 Å². The van der Waals surface area contributed by atoms with Crippen molar-refractivity contribution in [2.75, 3.05) is 0 Å². The molecule has 0 fully saturated rings. The van der Waals surface area contributed by atoms with Gasteiger partial charge in [0.05, 0.1) is 0 Å². The van der Waals surface area contributed by atoms with Crippen LogP contribution in [0, 0.1) is 0 Å². The van der Waals surface area contributed by atoms with E-state index in [2.05, 4.69) is 19.1 Å². The summed E-state index contributed by atoms with van der Waals surface area (Å²) in [4.78, 5) is 0. The van der Waals surface area contributed by atoms with Gasteiger partial charge in [0.25, 0.3) is 0 Å². The van der Waals surface area contributed by atoms with Gasteiger partial charge in [0.1, 0.15) is 23.2 Å². The number of hydrogen-bond acceptors (Lipinski definition) is 4. The molecule has 152 valence electrons. The number of rotatable bonds is 3. The van der Waals surface area contributed by atoms with Crippen molar-refractivity contribution in [2.24, 2.45) is 0 Å². The van der Waals surface area contributed by atoms with Gasteiger partial charge in [-0.15, -0.1) is 0 Å². The molecule has 0 amide bonds. The molecular formula is C25H28O4. The summed E-state index contributed by atoms with van der Waals surface area (Å²) < 4.78 is 12.4. The molecule has 0 saturated carbocycles. The van der Waals surface area contributed by atoms with Crippen LogP contribution in [-0.2, 0) is 18.4 Å². The number of benzene rings is 2. The first-order valence-corrected chi connectivity index (χ1v) is 10.2. The van der Waals surface area contributed by atoms with Crippen LogP contribution in [0.3, 0.4) is 0 Å². The topological polar surface area (TPSA) is 58.9 Å². The zero-order valence-electron chi connectivity index (χ0n) is 17.5. The van der Waals surface area contributed by atoms with Gasteiger partial charge >= 0.3 is 0 Å². The minimum Gasteiger partial charge on any atom is -0.508 e. The average molecular weight is 392 g/mol. The first kappa shape index (κ1) is 19.4. The van der Waals surface area contributed by atoms with E-state index in [0.717, 1.165) is 35.1 Å². The Hall–Kier alpha value is -2.88. The Morgan fingerprint density at radius 3 is 2.79 bits per heavy atom. The predicted molar refractivity (Wildman–Crippen MR) is 115 cm³/mol. The van der Waals surface area contributed by atoms with Crippen LogP contribution in [0.25, 0.3) is 6.08 Å². The number of hydrogen-bond donors (Lipinski definition) is 2. The Kier molecular flexibility index (Phi) is 4.81. The van der Waals surface area contributed by atoms with E-state index in [9.17, 15) is 10.2 Å². The van der Waals surface area contributed by atoms with Crippen LogP contribution in [0.5, 0.6) is 23.0 Å². The third-order valence-electron chi connectivity index (χ3n) is 5.78. The maximum Gasteiger partial charge on any atom is 0.169 e. The quantitative estimate of drug-likeness (QED) is 0.664. The Labute approximate surface area is 172 Å². The van der Waals surface area contributed by atoms with Gasteiger partial charge < -0.3 is 19.7 Å². The zero-order chi connectivity index (χ0) is 20.8. The molecule has 2 atom stereocenters. The Bertz CT molecular complexity index is 1010. The highest BCUT2D eigenvalue weighted by Crippen LogP contribution is 2.48. The summed E-state index contributed by atoms with van der Waals surface area (Å²) in [5.41, 5.74) is 4.32. The smallest absolute Gasteiger partial charge is 0.169 e. The number of allylic oxidation sites excluding steroid dienone is 2. The monoisotopic (exact) mass is 392 g/mol. The van der Waals surface area contributed by atoms with E-state index >= 15 is 0 Å². The molecule has 2 unspecified atom stereocenters. The third-order valence-corrected chi connectivity index (χ3v) is 5.78. The lowest BCUT2D eigenvalue weighted by molar-refractivity contribution is 0.0610. The standard InChI is InChI=1S/C25H28O4/c1-15(2)5-10-20-21(13-18-7-6-16(3)28-24(18)23(20)27)25(4)12-11-17-8-9-19(26)14-22(17)29-25/h5-9,13-14,16,26-27H,10-12H2,1-4H3. The third kappa shape index (κ3) is 3.59. The molecule has 2 aromatic rings. The van der Waals surface area contributed by atoms with Crippen LogP contribution in [0.1, 0.15) is 56.4 Å². The summed E-state index contributed by atoms with van der Waals surface area (Å²) in [6, 6.07) is 7.36.